The van der Waals surface area contributed by atoms with E-state index in [1.165, 1.54) is 11.0 Å². The van der Waals surface area contributed by atoms with Crippen molar-refractivity contribution >= 4 is 23.5 Å². The number of carbonyl (C=O) groups is 4. The number of benzene rings is 1. The largest absolute Gasteiger partial charge is 0.484 e. The van der Waals surface area contributed by atoms with Crippen LogP contribution in [0.5, 0.6) is 5.75 Å². The number of hydrogen-bond acceptors (Lipinski definition) is 5. The van der Waals surface area contributed by atoms with Crippen molar-refractivity contribution < 1.29 is 23.9 Å². The maximum atomic E-state index is 12.8. The second-order valence-corrected chi connectivity index (χ2v) is 8.07. The SMILES string of the molecule is CCCCC(CC)NC(=O)COc1ccc2c(c1)C(=O)N(C(C)CCC(=O)CC)C2=O. The molecule has 2 atom stereocenters. The number of nitrogens with zero attached hydrogens (tertiary/aromatic N) is 1. The molecule has 2 rings (SSSR count). The molecule has 0 fully saturated rings. The van der Waals surface area contributed by atoms with E-state index in [0.717, 1.165) is 25.7 Å². The third kappa shape index (κ3) is 6.39. The number of amides is 3. The van der Waals surface area contributed by atoms with E-state index in [1.807, 2.05) is 6.92 Å². The van der Waals surface area contributed by atoms with Crippen molar-refractivity contribution in [2.24, 2.45) is 0 Å². The molecule has 31 heavy (non-hydrogen) atoms. The van der Waals surface area contributed by atoms with Crippen molar-refractivity contribution in [3.63, 3.8) is 0 Å². The molecule has 1 heterocycles. The lowest BCUT2D eigenvalue weighted by Gasteiger charge is -2.22. The fourth-order valence-corrected chi connectivity index (χ4v) is 3.65. The van der Waals surface area contributed by atoms with Gasteiger partial charge in [0.25, 0.3) is 17.7 Å². The standard InChI is InChI=1S/C24H34N2O5/c1-5-8-9-17(6-2)25-22(28)15-31-19-12-13-20-21(14-19)24(30)26(23(20)29)16(4)10-11-18(27)7-3/h12-14,16-17H,5-11,15H2,1-4H3,(H,25,28). The molecule has 1 aromatic rings. The third-order valence-corrected chi connectivity index (χ3v) is 5.70. The van der Waals surface area contributed by atoms with Gasteiger partial charge in [0.1, 0.15) is 11.5 Å². The molecular formula is C24H34N2O5. The normalized spacial score (nSPS) is 14.9. The smallest absolute Gasteiger partial charge is 0.261 e. The van der Waals surface area contributed by atoms with Gasteiger partial charge in [-0.3, -0.25) is 24.1 Å². The summed E-state index contributed by atoms with van der Waals surface area (Å²) in [5.41, 5.74) is 0.590. The maximum absolute atomic E-state index is 12.8. The number of fused-ring (bicyclic) bond motifs is 1. The molecule has 2 unspecified atom stereocenters. The van der Waals surface area contributed by atoms with Crippen LogP contribution >= 0.6 is 0 Å². The van der Waals surface area contributed by atoms with Crippen molar-refractivity contribution in [1.82, 2.24) is 10.2 Å². The molecule has 0 saturated heterocycles. The van der Waals surface area contributed by atoms with Gasteiger partial charge >= 0.3 is 0 Å². The Morgan fingerprint density at radius 2 is 1.77 bits per heavy atom. The summed E-state index contributed by atoms with van der Waals surface area (Å²) in [4.78, 5) is 50.5. The monoisotopic (exact) mass is 430 g/mol. The Morgan fingerprint density at radius 3 is 2.42 bits per heavy atom. The van der Waals surface area contributed by atoms with Crippen LogP contribution in [0.2, 0.25) is 0 Å². The number of unbranched alkanes of at least 4 members (excludes halogenated alkanes) is 1. The minimum atomic E-state index is -0.392. The molecule has 1 N–H and O–H groups in total. The lowest BCUT2D eigenvalue weighted by atomic mass is 10.1. The van der Waals surface area contributed by atoms with Crippen LogP contribution in [0.3, 0.4) is 0 Å². The second kappa shape index (κ2) is 11.6. The first-order valence-corrected chi connectivity index (χ1v) is 11.3. The fraction of sp³-hybridized carbons (Fsp3) is 0.583. The summed E-state index contributed by atoms with van der Waals surface area (Å²) in [5, 5.41) is 2.97. The van der Waals surface area contributed by atoms with Gasteiger partial charge in [-0.15, -0.1) is 0 Å². The molecule has 3 amide bonds. The van der Waals surface area contributed by atoms with Crippen molar-refractivity contribution in [3.05, 3.63) is 29.3 Å². The zero-order chi connectivity index (χ0) is 23.0. The predicted molar refractivity (Wildman–Crippen MR) is 118 cm³/mol. The number of carbonyl (C=O) groups excluding carboxylic acids is 4. The van der Waals surface area contributed by atoms with Crippen LogP contribution < -0.4 is 10.1 Å². The van der Waals surface area contributed by atoms with Crippen LogP contribution in [0, 0.1) is 0 Å². The van der Waals surface area contributed by atoms with Crippen LogP contribution in [0.15, 0.2) is 18.2 Å². The molecule has 1 aromatic carbocycles. The summed E-state index contributed by atoms with van der Waals surface area (Å²) < 4.78 is 5.58. The Balaban J connectivity index is 1.98. The number of rotatable bonds is 13. The summed E-state index contributed by atoms with van der Waals surface area (Å²) in [6.45, 7) is 7.57. The zero-order valence-corrected chi connectivity index (χ0v) is 19.0. The van der Waals surface area contributed by atoms with Gasteiger partial charge in [0.15, 0.2) is 6.61 Å². The van der Waals surface area contributed by atoms with Gasteiger partial charge in [-0.1, -0.05) is 33.6 Å². The quantitative estimate of drug-likeness (QED) is 0.479. The zero-order valence-electron chi connectivity index (χ0n) is 19.0. The predicted octanol–water partition coefficient (Wildman–Crippen LogP) is 3.89. The van der Waals surface area contributed by atoms with Gasteiger partial charge in [0.05, 0.1) is 11.1 Å². The fourth-order valence-electron chi connectivity index (χ4n) is 3.65. The first-order chi connectivity index (χ1) is 14.8. The maximum Gasteiger partial charge on any atom is 0.261 e. The Labute approximate surface area is 184 Å². The number of Topliss-reactive ketones (excluding diaryl/α,β-unsaturated/α-hetero) is 1. The Hall–Kier alpha value is -2.70. The van der Waals surface area contributed by atoms with Gasteiger partial charge in [-0.25, -0.2) is 0 Å². The summed E-state index contributed by atoms with van der Waals surface area (Å²) in [6, 6.07) is 4.43. The summed E-state index contributed by atoms with van der Waals surface area (Å²) >= 11 is 0. The molecule has 170 valence electrons. The number of ether oxygens (including phenoxy) is 1. The van der Waals surface area contributed by atoms with E-state index < -0.39 is 5.91 Å². The molecule has 0 saturated carbocycles. The van der Waals surface area contributed by atoms with E-state index in [1.54, 1.807) is 26.0 Å². The van der Waals surface area contributed by atoms with E-state index in [-0.39, 0.29) is 41.9 Å². The molecule has 1 aliphatic rings. The van der Waals surface area contributed by atoms with Gasteiger partial charge < -0.3 is 10.1 Å². The highest BCUT2D eigenvalue weighted by molar-refractivity contribution is 6.21. The molecule has 0 bridgehead atoms. The average Bonchev–Trinajstić information content (AvgIpc) is 3.02. The van der Waals surface area contributed by atoms with Crippen LogP contribution in [0.1, 0.15) is 93.4 Å². The Kier molecular flexibility index (Phi) is 9.21. The van der Waals surface area contributed by atoms with E-state index in [2.05, 4.69) is 12.2 Å². The molecule has 1 aliphatic heterocycles. The number of hydrogen-bond donors (Lipinski definition) is 1. The molecule has 0 spiro atoms. The number of imide groups is 1. The summed E-state index contributed by atoms with van der Waals surface area (Å²) in [6.07, 6.45) is 5.16. The molecule has 7 nitrogen and oxygen atoms in total. The topological polar surface area (TPSA) is 92.8 Å². The minimum Gasteiger partial charge on any atom is -0.484 e. The number of nitrogens with one attached hydrogen (secondary N) is 1. The van der Waals surface area contributed by atoms with Crippen molar-refractivity contribution in [1.29, 1.82) is 0 Å². The van der Waals surface area contributed by atoms with Crippen molar-refractivity contribution in [2.75, 3.05) is 6.61 Å². The van der Waals surface area contributed by atoms with E-state index in [4.69, 9.17) is 4.74 Å². The molecule has 7 heteroatoms. The summed E-state index contributed by atoms with van der Waals surface area (Å²) in [7, 11) is 0. The molecule has 0 radical (unpaired) electrons. The molecule has 0 aromatic heterocycles. The number of ketones is 1. The lowest BCUT2D eigenvalue weighted by molar-refractivity contribution is -0.124. The summed E-state index contributed by atoms with van der Waals surface area (Å²) in [5.74, 6) is -0.481. The van der Waals surface area contributed by atoms with Gasteiger partial charge in [-0.2, -0.15) is 0 Å². The van der Waals surface area contributed by atoms with Crippen LogP contribution in [-0.2, 0) is 9.59 Å². The van der Waals surface area contributed by atoms with Gasteiger partial charge in [0, 0.05) is 24.9 Å². The first kappa shape index (κ1) is 24.6. The molecule has 0 aliphatic carbocycles. The van der Waals surface area contributed by atoms with Crippen LogP contribution in [0.25, 0.3) is 0 Å². The third-order valence-electron chi connectivity index (χ3n) is 5.70. The average molecular weight is 431 g/mol. The Morgan fingerprint density at radius 1 is 1.06 bits per heavy atom. The van der Waals surface area contributed by atoms with E-state index in [9.17, 15) is 19.2 Å². The molecular weight excluding hydrogens is 396 g/mol. The highest BCUT2D eigenvalue weighted by Crippen LogP contribution is 2.29. The van der Waals surface area contributed by atoms with Gasteiger partial charge in [-0.05, 0) is 44.4 Å². The van der Waals surface area contributed by atoms with Crippen LogP contribution in [-0.4, -0.2) is 47.1 Å². The van der Waals surface area contributed by atoms with Gasteiger partial charge in [0.2, 0.25) is 0 Å². The van der Waals surface area contributed by atoms with Crippen molar-refractivity contribution in [2.45, 2.75) is 84.7 Å². The van der Waals surface area contributed by atoms with E-state index >= 15 is 0 Å². The second-order valence-electron chi connectivity index (χ2n) is 8.07. The lowest BCUT2D eigenvalue weighted by Crippen LogP contribution is -2.38. The van der Waals surface area contributed by atoms with Crippen molar-refractivity contribution in [3.8, 4) is 5.75 Å². The van der Waals surface area contributed by atoms with E-state index in [0.29, 0.717) is 30.6 Å². The minimum absolute atomic E-state index is 0.109. The van der Waals surface area contributed by atoms with Crippen LogP contribution in [0.4, 0.5) is 0 Å². The highest BCUT2D eigenvalue weighted by atomic mass is 16.5. The first-order valence-electron chi connectivity index (χ1n) is 11.3. The Bertz CT molecular complexity index is 820. The highest BCUT2D eigenvalue weighted by Gasteiger charge is 2.38.